The summed E-state index contributed by atoms with van der Waals surface area (Å²) >= 11 is 0. The second-order valence-corrected chi connectivity index (χ2v) is 8.82. The fourth-order valence-corrected chi connectivity index (χ4v) is 3.85. The van der Waals surface area contributed by atoms with E-state index in [1.54, 1.807) is 24.3 Å². The van der Waals surface area contributed by atoms with Crippen molar-refractivity contribution in [3.05, 3.63) is 36.0 Å². The quantitative estimate of drug-likeness (QED) is 0.398. The summed E-state index contributed by atoms with van der Waals surface area (Å²) in [4.78, 5) is 42.5. The van der Waals surface area contributed by atoms with Gasteiger partial charge in [0, 0.05) is 33.3 Å². The summed E-state index contributed by atoms with van der Waals surface area (Å²) in [6.07, 6.45) is 2.18. The summed E-state index contributed by atoms with van der Waals surface area (Å²) < 4.78 is 19.3. The topological polar surface area (TPSA) is 127 Å². The van der Waals surface area contributed by atoms with Crippen molar-refractivity contribution >= 4 is 28.6 Å². The number of nitrogens with two attached hydrogens (primary N) is 1. The van der Waals surface area contributed by atoms with Gasteiger partial charge in [-0.1, -0.05) is 13.8 Å². The van der Waals surface area contributed by atoms with Crippen LogP contribution in [0.15, 0.2) is 30.5 Å². The number of nitrogens with one attached hydrogen (secondary N) is 2. The maximum absolute atomic E-state index is 13.5. The van der Waals surface area contributed by atoms with Crippen molar-refractivity contribution in [3.8, 4) is 5.75 Å². The molecule has 0 saturated carbocycles. The number of aromatic nitrogens is 1. The third-order valence-electron chi connectivity index (χ3n) is 6.17. The van der Waals surface area contributed by atoms with E-state index >= 15 is 0 Å². The van der Waals surface area contributed by atoms with Crippen molar-refractivity contribution in [2.24, 2.45) is 11.7 Å². The number of carbonyl (C=O) groups is 3. The molecular weight excluding hydrogens is 472 g/mol. The lowest BCUT2D eigenvalue weighted by Crippen LogP contribution is -2.46. The Balaban J connectivity index is 0.00000456. The molecule has 11 heteroatoms. The highest BCUT2D eigenvalue weighted by atomic mass is 19.1. The highest BCUT2D eigenvalue weighted by molar-refractivity contribution is 6.07. The van der Waals surface area contributed by atoms with Crippen LogP contribution in [-0.2, 0) is 9.59 Å². The lowest BCUT2D eigenvalue weighted by atomic mass is 10.1. The first-order valence-corrected chi connectivity index (χ1v) is 12.1. The fourth-order valence-electron chi connectivity index (χ4n) is 3.85. The number of nitrogens with zero attached hydrogens (tertiary/aromatic N) is 2. The molecule has 0 spiro atoms. The van der Waals surface area contributed by atoms with Gasteiger partial charge in [-0.2, -0.15) is 0 Å². The molecule has 1 aliphatic heterocycles. The van der Waals surface area contributed by atoms with Gasteiger partial charge in [0.05, 0.1) is 36.9 Å². The van der Waals surface area contributed by atoms with Crippen LogP contribution in [0.1, 0.15) is 52.7 Å². The zero-order chi connectivity index (χ0) is 25.4. The Morgan fingerprint density at radius 1 is 1.28 bits per heavy atom. The summed E-state index contributed by atoms with van der Waals surface area (Å²) in [6, 6.07) is 6.87. The summed E-state index contributed by atoms with van der Waals surface area (Å²) in [6.45, 7) is 4.63. The third kappa shape index (κ3) is 7.58. The second-order valence-electron chi connectivity index (χ2n) is 8.82. The number of pyridine rings is 1. The minimum atomic E-state index is -1.14. The van der Waals surface area contributed by atoms with Crippen LogP contribution < -0.4 is 21.1 Å². The Morgan fingerprint density at radius 3 is 2.75 bits per heavy atom. The van der Waals surface area contributed by atoms with Gasteiger partial charge in [-0.05, 0) is 43.5 Å². The Bertz CT molecular complexity index is 1070. The molecule has 1 fully saturated rings. The first-order valence-electron chi connectivity index (χ1n) is 12.1. The van der Waals surface area contributed by atoms with Crippen molar-refractivity contribution < 1.29 is 31.1 Å². The first kappa shape index (κ1) is 28.9. The van der Waals surface area contributed by atoms with Gasteiger partial charge in [-0.25, -0.2) is 4.39 Å². The number of unbranched alkanes of at least 4 members (excludes halogenated alkanes) is 1. The predicted octanol–water partition coefficient (Wildman–Crippen LogP) is 2.79. The molecule has 202 valence electrons. The van der Waals surface area contributed by atoms with E-state index in [1.165, 1.54) is 11.1 Å². The predicted molar refractivity (Wildman–Crippen MR) is 137 cm³/mol. The molecule has 36 heavy (non-hydrogen) atoms. The van der Waals surface area contributed by atoms with E-state index < -0.39 is 24.2 Å². The number of hydrogen-bond donors (Lipinski definition) is 3. The standard InChI is InChI=1S/C25H34FN5O4.FH.2H2/c1-3-16(2)24(33)29-9-4-5-11-35-18-6-7-21-20(13-18)19(8-10-28-21)25(34)30-14-23(32)31-15-17(26)12-22(31)27;;;/h6-8,10,13,16-17,22H,3-5,9,11-12,14-15,27H2,1-2H3,(H,29,33)(H,30,34);3*1H. The Labute approximate surface area is 212 Å². The first-order chi connectivity index (χ1) is 16.8. The Hall–Kier alpha value is -3.34. The van der Waals surface area contributed by atoms with E-state index in [4.69, 9.17) is 10.5 Å². The molecule has 0 bridgehead atoms. The molecule has 9 nitrogen and oxygen atoms in total. The number of rotatable bonds is 11. The van der Waals surface area contributed by atoms with Gasteiger partial charge < -0.3 is 26.0 Å². The second kappa shape index (κ2) is 13.7. The maximum Gasteiger partial charge on any atom is 0.252 e. The summed E-state index contributed by atoms with van der Waals surface area (Å²) in [7, 11) is 0. The SMILES string of the molecule is CCC(C)C(=O)NCCCCOc1ccc2nccc(C(=O)NCC(=O)N3CC(F)CC3N)c2c1.F.[HH].[HH]. The number of likely N-dealkylation sites (tertiary alicyclic amines) is 1. The van der Waals surface area contributed by atoms with Crippen LogP contribution in [0.2, 0.25) is 0 Å². The number of benzene rings is 1. The van der Waals surface area contributed by atoms with Crippen molar-refractivity contribution in [1.29, 1.82) is 0 Å². The van der Waals surface area contributed by atoms with Crippen LogP contribution in [0, 0.1) is 5.92 Å². The van der Waals surface area contributed by atoms with Gasteiger partial charge in [-0.15, -0.1) is 0 Å². The van der Waals surface area contributed by atoms with E-state index in [0.717, 1.165) is 19.3 Å². The molecule has 3 unspecified atom stereocenters. The van der Waals surface area contributed by atoms with Crippen molar-refractivity contribution in [2.75, 3.05) is 26.2 Å². The van der Waals surface area contributed by atoms with E-state index in [2.05, 4.69) is 15.6 Å². The highest BCUT2D eigenvalue weighted by Crippen LogP contribution is 2.23. The van der Waals surface area contributed by atoms with Crippen LogP contribution in [0.25, 0.3) is 10.9 Å². The lowest BCUT2D eigenvalue weighted by molar-refractivity contribution is -0.131. The number of carbonyl (C=O) groups excluding carboxylic acids is 3. The Morgan fingerprint density at radius 2 is 2.06 bits per heavy atom. The molecule has 1 saturated heterocycles. The lowest BCUT2D eigenvalue weighted by Gasteiger charge is -2.21. The van der Waals surface area contributed by atoms with Crippen LogP contribution in [-0.4, -0.2) is 66.2 Å². The average Bonchev–Trinajstić information content (AvgIpc) is 3.20. The number of amides is 3. The molecule has 2 aromatic rings. The van der Waals surface area contributed by atoms with Gasteiger partial charge >= 0.3 is 0 Å². The van der Waals surface area contributed by atoms with Crippen LogP contribution in [0.5, 0.6) is 5.75 Å². The minimum absolute atomic E-state index is 0. The van der Waals surface area contributed by atoms with Gasteiger partial charge in [0.25, 0.3) is 5.91 Å². The molecule has 0 aliphatic carbocycles. The molecule has 3 atom stereocenters. The number of alkyl halides is 1. The smallest absolute Gasteiger partial charge is 0.252 e. The molecular formula is C25H39F2N5O4. The number of ether oxygens (including phenoxy) is 1. The van der Waals surface area contributed by atoms with E-state index in [9.17, 15) is 18.8 Å². The monoisotopic (exact) mass is 511 g/mol. The summed E-state index contributed by atoms with van der Waals surface area (Å²) in [5, 5.41) is 6.11. The Kier molecular flexibility index (Phi) is 11.0. The largest absolute Gasteiger partial charge is 0.494 e. The number of fused-ring (bicyclic) bond motifs is 1. The average molecular weight is 512 g/mol. The van der Waals surface area contributed by atoms with Crippen LogP contribution in [0.4, 0.5) is 9.09 Å². The third-order valence-corrected chi connectivity index (χ3v) is 6.17. The van der Waals surface area contributed by atoms with Gasteiger partial charge in [0.15, 0.2) is 0 Å². The zero-order valence-corrected chi connectivity index (χ0v) is 20.7. The molecule has 3 rings (SSSR count). The highest BCUT2D eigenvalue weighted by Gasteiger charge is 2.32. The van der Waals surface area contributed by atoms with E-state index in [1.807, 2.05) is 13.8 Å². The molecule has 1 aromatic heterocycles. The summed E-state index contributed by atoms with van der Waals surface area (Å²) in [5.41, 5.74) is 6.76. The van der Waals surface area contributed by atoms with Crippen LogP contribution >= 0.6 is 0 Å². The number of hydrogen-bond acceptors (Lipinski definition) is 6. The van der Waals surface area contributed by atoms with Gasteiger partial charge in [0.2, 0.25) is 11.8 Å². The van der Waals surface area contributed by atoms with Gasteiger partial charge in [0.1, 0.15) is 11.9 Å². The van der Waals surface area contributed by atoms with E-state index in [-0.39, 0.29) is 38.9 Å². The maximum atomic E-state index is 13.5. The van der Waals surface area contributed by atoms with Crippen molar-refractivity contribution in [3.63, 3.8) is 0 Å². The number of halogens is 2. The molecule has 1 aliphatic rings. The van der Waals surface area contributed by atoms with Crippen molar-refractivity contribution in [1.82, 2.24) is 20.5 Å². The molecule has 2 heterocycles. The summed E-state index contributed by atoms with van der Waals surface area (Å²) in [5.74, 6) is -0.186. The molecule has 4 N–H and O–H groups in total. The van der Waals surface area contributed by atoms with Gasteiger partial charge in [-0.3, -0.25) is 24.1 Å². The fraction of sp³-hybridized carbons (Fsp3) is 0.520. The molecule has 0 radical (unpaired) electrons. The molecule has 1 aromatic carbocycles. The zero-order valence-electron chi connectivity index (χ0n) is 20.7. The van der Waals surface area contributed by atoms with E-state index in [0.29, 0.717) is 35.4 Å². The van der Waals surface area contributed by atoms with Crippen LogP contribution in [0.3, 0.4) is 0 Å². The molecule has 3 amide bonds. The minimum Gasteiger partial charge on any atom is -0.494 e. The van der Waals surface area contributed by atoms with Crippen molar-refractivity contribution in [2.45, 2.75) is 51.9 Å². The normalized spacial score (nSPS) is 17.8.